The Morgan fingerprint density at radius 3 is 2.68 bits per heavy atom. The SMILES string of the molecule is CN=C(NCc1ccc(Br)cc1C)NCC1CC1.I. The Balaban J connectivity index is 0.00000180. The predicted octanol–water partition coefficient (Wildman–Crippen LogP) is 3.45. The van der Waals surface area contributed by atoms with E-state index in [0.717, 1.165) is 29.4 Å². The van der Waals surface area contributed by atoms with Crippen molar-refractivity contribution in [3.05, 3.63) is 33.8 Å². The summed E-state index contributed by atoms with van der Waals surface area (Å²) in [6.07, 6.45) is 2.71. The largest absolute Gasteiger partial charge is 0.356 e. The fourth-order valence-electron chi connectivity index (χ4n) is 1.82. The van der Waals surface area contributed by atoms with Crippen molar-refractivity contribution in [2.75, 3.05) is 13.6 Å². The van der Waals surface area contributed by atoms with Gasteiger partial charge in [0.25, 0.3) is 0 Å². The minimum atomic E-state index is 0. The molecule has 1 aromatic carbocycles. The van der Waals surface area contributed by atoms with Gasteiger partial charge in [0.2, 0.25) is 0 Å². The molecular formula is C14H21BrIN3. The third-order valence-corrected chi connectivity index (χ3v) is 3.72. The molecule has 2 N–H and O–H groups in total. The van der Waals surface area contributed by atoms with E-state index in [9.17, 15) is 0 Å². The first-order valence-corrected chi connectivity index (χ1v) is 7.18. The maximum Gasteiger partial charge on any atom is 0.191 e. The molecule has 106 valence electrons. The first-order valence-electron chi connectivity index (χ1n) is 6.38. The number of hydrogen-bond donors (Lipinski definition) is 2. The van der Waals surface area contributed by atoms with Gasteiger partial charge in [0.15, 0.2) is 5.96 Å². The number of aliphatic imine (C=N–C) groups is 1. The fraction of sp³-hybridized carbons (Fsp3) is 0.500. The Kier molecular flexibility index (Phi) is 7.13. The van der Waals surface area contributed by atoms with Crippen LogP contribution in [0.25, 0.3) is 0 Å². The molecule has 0 saturated heterocycles. The second-order valence-electron chi connectivity index (χ2n) is 4.82. The monoisotopic (exact) mass is 437 g/mol. The van der Waals surface area contributed by atoms with Gasteiger partial charge in [-0.1, -0.05) is 22.0 Å². The summed E-state index contributed by atoms with van der Waals surface area (Å²) in [5, 5.41) is 6.71. The Hall–Kier alpha value is -0.300. The van der Waals surface area contributed by atoms with Crippen LogP contribution in [0.3, 0.4) is 0 Å². The van der Waals surface area contributed by atoms with Gasteiger partial charge < -0.3 is 10.6 Å². The molecule has 0 aromatic heterocycles. The minimum absolute atomic E-state index is 0. The van der Waals surface area contributed by atoms with E-state index in [1.54, 1.807) is 0 Å². The number of rotatable bonds is 4. The number of nitrogens with zero attached hydrogens (tertiary/aromatic N) is 1. The number of benzene rings is 1. The van der Waals surface area contributed by atoms with Crippen molar-refractivity contribution in [1.29, 1.82) is 0 Å². The Labute approximate surface area is 140 Å². The summed E-state index contributed by atoms with van der Waals surface area (Å²) in [4.78, 5) is 4.24. The molecule has 0 heterocycles. The topological polar surface area (TPSA) is 36.4 Å². The van der Waals surface area contributed by atoms with Crippen molar-refractivity contribution in [3.63, 3.8) is 0 Å². The molecule has 2 rings (SSSR count). The highest BCUT2D eigenvalue weighted by atomic mass is 127. The molecule has 5 heteroatoms. The van der Waals surface area contributed by atoms with E-state index >= 15 is 0 Å². The van der Waals surface area contributed by atoms with Gasteiger partial charge >= 0.3 is 0 Å². The number of nitrogens with one attached hydrogen (secondary N) is 2. The average Bonchev–Trinajstić information content (AvgIpc) is 3.15. The molecule has 0 spiro atoms. The molecular weight excluding hydrogens is 417 g/mol. The molecule has 1 aliphatic carbocycles. The van der Waals surface area contributed by atoms with Gasteiger partial charge in [-0.2, -0.15) is 0 Å². The van der Waals surface area contributed by atoms with Gasteiger partial charge in [0.05, 0.1) is 0 Å². The van der Waals surface area contributed by atoms with Gasteiger partial charge in [-0.05, 0) is 48.9 Å². The number of halogens is 2. The van der Waals surface area contributed by atoms with Gasteiger partial charge in [-0.15, -0.1) is 24.0 Å². The highest BCUT2D eigenvalue weighted by Crippen LogP contribution is 2.27. The molecule has 1 aromatic rings. The van der Waals surface area contributed by atoms with Gasteiger partial charge in [0, 0.05) is 24.6 Å². The van der Waals surface area contributed by atoms with Crippen molar-refractivity contribution < 1.29 is 0 Å². The maximum absolute atomic E-state index is 4.24. The molecule has 0 radical (unpaired) electrons. The van der Waals surface area contributed by atoms with Gasteiger partial charge in [-0.25, -0.2) is 0 Å². The normalized spacial score (nSPS) is 14.8. The second-order valence-corrected chi connectivity index (χ2v) is 5.74. The average molecular weight is 438 g/mol. The third-order valence-electron chi connectivity index (χ3n) is 3.23. The lowest BCUT2D eigenvalue weighted by molar-refractivity contribution is 0.736. The second kappa shape index (κ2) is 8.09. The van der Waals surface area contributed by atoms with Crippen LogP contribution in [-0.4, -0.2) is 19.6 Å². The van der Waals surface area contributed by atoms with E-state index in [0.29, 0.717) is 0 Å². The van der Waals surface area contributed by atoms with E-state index in [4.69, 9.17) is 0 Å². The summed E-state index contributed by atoms with van der Waals surface area (Å²) >= 11 is 3.48. The van der Waals surface area contributed by atoms with Crippen LogP contribution in [0, 0.1) is 12.8 Å². The summed E-state index contributed by atoms with van der Waals surface area (Å²) in [7, 11) is 1.82. The van der Waals surface area contributed by atoms with Gasteiger partial charge in [0.1, 0.15) is 0 Å². The molecule has 0 bridgehead atoms. The zero-order chi connectivity index (χ0) is 13.0. The van der Waals surface area contributed by atoms with Crippen LogP contribution in [-0.2, 0) is 6.54 Å². The predicted molar refractivity (Wildman–Crippen MR) is 95.2 cm³/mol. The van der Waals surface area contributed by atoms with Crippen LogP contribution < -0.4 is 10.6 Å². The smallest absolute Gasteiger partial charge is 0.191 e. The minimum Gasteiger partial charge on any atom is -0.356 e. The van der Waals surface area contributed by atoms with E-state index in [1.807, 2.05) is 7.05 Å². The zero-order valence-corrected chi connectivity index (χ0v) is 15.3. The molecule has 1 aliphatic rings. The Morgan fingerprint density at radius 1 is 1.37 bits per heavy atom. The molecule has 3 nitrogen and oxygen atoms in total. The number of aryl methyl sites for hydroxylation is 1. The molecule has 0 amide bonds. The fourth-order valence-corrected chi connectivity index (χ4v) is 2.30. The van der Waals surface area contributed by atoms with Crippen molar-refractivity contribution in [3.8, 4) is 0 Å². The van der Waals surface area contributed by atoms with Crippen LogP contribution in [0.15, 0.2) is 27.7 Å². The van der Waals surface area contributed by atoms with Crippen molar-refractivity contribution in [1.82, 2.24) is 10.6 Å². The van der Waals surface area contributed by atoms with E-state index in [2.05, 4.69) is 56.7 Å². The standard InChI is InChI=1S/C14H20BrN3.HI/c1-10-7-13(15)6-5-12(10)9-18-14(16-2)17-8-11-3-4-11;/h5-7,11H,3-4,8-9H2,1-2H3,(H2,16,17,18);1H. The third kappa shape index (κ3) is 5.69. The summed E-state index contributed by atoms with van der Waals surface area (Å²) in [6, 6.07) is 6.35. The molecule has 0 atom stereocenters. The summed E-state index contributed by atoms with van der Waals surface area (Å²) in [6.45, 7) is 3.98. The van der Waals surface area contributed by atoms with E-state index < -0.39 is 0 Å². The highest BCUT2D eigenvalue weighted by Gasteiger charge is 2.20. The molecule has 19 heavy (non-hydrogen) atoms. The number of guanidine groups is 1. The first-order chi connectivity index (χ1) is 8.69. The van der Waals surface area contributed by atoms with E-state index in [1.165, 1.54) is 24.0 Å². The summed E-state index contributed by atoms with van der Waals surface area (Å²) < 4.78 is 1.12. The van der Waals surface area contributed by atoms with Crippen molar-refractivity contribution in [2.24, 2.45) is 10.9 Å². The molecule has 0 unspecified atom stereocenters. The summed E-state index contributed by atoms with van der Waals surface area (Å²) in [5.74, 6) is 1.75. The van der Waals surface area contributed by atoms with Crippen LogP contribution in [0.5, 0.6) is 0 Å². The summed E-state index contributed by atoms with van der Waals surface area (Å²) in [5.41, 5.74) is 2.59. The molecule has 0 aliphatic heterocycles. The van der Waals surface area contributed by atoms with Crippen molar-refractivity contribution >= 4 is 45.9 Å². The van der Waals surface area contributed by atoms with Crippen LogP contribution in [0.2, 0.25) is 0 Å². The lowest BCUT2D eigenvalue weighted by atomic mass is 10.1. The number of hydrogen-bond acceptors (Lipinski definition) is 1. The quantitative estimate of drug-likeness (QED) is 0.430. The molecule has 1 saturated carbocycles. The van der Waals surface area contributed by atoms with Crippen LogP contribution in [0.1, 0.15) is 24.0 Å². The van der Waals surface area contributed by atoms with Gasteiger partial charge in [-0.3, -0.25) is 4.99 Å². The van der Waals surface area contributed by atoms with Crippen molar-refractivity contribution in [2.45, 2.75) is 26.3 Å². The maximum atomic E-state index is 4.24. The lowest BCUT2D eigenvalue weighted by Gasteiger charge is -2.13. The zero-order valence-electron chi connectivity index (χ0n) is 11.4. The Bertz CT molecular complexity index is 444. The van der Waals surface area contributed by atoms with Crippen LogP contribution in [0.4, 0.5) is 0 Å². The van der Waals surface area contributed by atoms with E-state index in [-0.39, 0.29) is 24.0 Å². The highest BCUT2D eigenvalue weighted by molar-refractivity contribution is 14.0. The Morgan fingerprint density at radius 2 is 2.11 bits per heavy atom. The first kappa shape index (κ1) is 16.8. The molecule has 1 fully saturated rings. The van der Waals surface area contributed by atoms with Crippen LogP contribution >= 0.6 is 39.9 Å². The lowest BCUT2D eigenvalue weighted by Crippen LogP contribution is -2.37.